The van der Waals surface area contributed by atoms with Gasteiger partial charge in [-0.25, -0.2) is 4.57 Å². The van der Waals surface area contributed by atoms with Crippen LogP contribution in [0.5, 0.6) is 11.5 Å². The summed E-state index contributed by atoms with van der Waals surface area (Å²) in [7, 11) is -4.08. The van der Waals surface area contributed by atoms with E-state index < -0.39 is 18.7 Å². The minimum absolute atomic E-state index is 0.202. The first-order valence-corrected chi connectivity index (χ1v) is 13.2. The summed E-state index contributed by atoms with van der Waals surface area (Å²) in [6.45, 7) is 9.83. The SMILES string of the molecule is CCCCC(CCCC)(C(=O)OCC)P(=O)(Oc1ccccc1C)Oc1ccccc1C. The van der Waals surface area contributed by atoms with Crippen molar-refractivity contribution in [3.05, 3.63) is 59.7 Å². The molecule has 0 atom stereocenters. The van der Waals surface area contributed by atoms with Crippen LogP contribution >= 0.6 is 7.60 Å². The lowest BCUT2D eigenvalue weighted by Gasteiger charge is -2.37. The zero-order valence-electron chi connectivity index (χ0n) is 20.1. The van der Waals surface area contributed by atoms with Crippen molar-refractivity contribution >= 4 is 13.6 Å². The van der Waals surface area contributed by atoms with E-state index in [-0.39, 0.29) is 6.61 Å². The van der Waals surface area contributed by atoms with Gasteiger partial charge in [-0.3, -0.25) is 4.79 Å². The standard InChI is InChI=1S/C26H37O5P/c1-6-9-19-26(20-10-7-2,25(27)29-8-3)32(28,30-23-17-13-11-15-21(23)4)31-24-18-14-12-16-22(24)5/h11-18H,6-10,19-20H2,1-5H3. The maximum absolute atomic E-state index is 14.9. The quantitative estimate of drug-likeness (QED) is 0.227. The van der Waals surface area contributed by atoms with Crippen molar-refractivity contribution in [2.45, 2.75) is 78.3 Å². The second-order valence-electron chi connectivity index (χ2n) is 8.17. The minimum Gasteiger partial charge on any atom is -0.465 e. The van der Waals surface area contributed by atoms with Gasteiger partial charge < -0.3 is 13.8 Å². The summed E-state index contributed by atoms with van der Waals surface area (Å²) in [5.74, 6) is 0.393. The minimum atomic E-state index is -4.08. The average Bonchev–Trinajstić information content (AvgIpc) is 2.77. The molecule has 0 N–H and O–H groups in total. The largest absolute Gasteiger partial charge is 0.465 e. The van der Waals surface area contributed by atoms with Gasteiger partial charge in [-0.15, -0.1) is 0 Å². The van der Waals surface area contributed by atoms with E-state index in [4.69, 9.17) is 13.8 Å². The van der Waals surface area contributed by atoms with Crippen LogP contribution in [-0.2, 0) is 14.1 Å². The first kappa shape index (κ1) is 26.0. The van der Waals surface area contributed by atoms with Crippen LogP contribution in [0.2, 0.25) is 0 Å². The number of esters is 1. The fourth-order valence-electron chi connectivity index (χ4n) is 3.69. The second kappa shape index (κ2) is 12.1. The molecule has 2 rings (SSSR count). The van der Waals surface area contributed by atoms with Gasteiger partial charge in [0.15, 0.2) is 5.16 Å². The molecule has 0 amide bonds. The fraction of sp³-hybridized carbons (Fsp3) is 0.500. The van der Waals surface area contributed by atoms with Gasteiger partial charge in [0.25, 0.3) is 0 Å². The van der Waals surface area contributed by atoms with Gasteiger partial charge in [0, 0.05) is 0 Å². The Balaban J connectivity index is 2.70. The first-order valence-electron chi connectivity index (χ1n) is 11.6. The van der Waals surface area contributed by atoms with Crippen LogP contribution in [0.3, 0.4) is 0 Å². The molecule has 5 nitrogen and oxygen atoms in total. The Kier molecular flexibility index (Phi) is 9.84. The van der Waals surface area contributed by atoms with Crippen LogP contribution < -0.4 is 9.05 Å². The van der Waals surface area contributed by atoms with E-state index in [1.54, 1.807) is 19.1 Å². The highest BCUT2D eigenvalue weighted by atomic mass is 31.2. The van der Waals surface area contributed by atoms with Gasteiger partial charge in [-0.1, -0.05) is 75.9 Å². The Morgan fingerprint density at radius 3 is 1.62 bits per heavy atom. The summed E-state index contributed by atoms with van der Waals surface area (Å²) in [5, 5.41) is -1.39. The predicted octanol–water partition coefficient (Wildman–Crippen LogP) is 7.64. The van der Waals surface area contributed by atoms with Crippen LogP contribution in [0.25, 0.3) is 0 Å². The molecular formula is C26H37O5P. The average molecular weight is 461 g/mol. The Morgan fingerprint density at radius 2 is 1.25 bits per heavy atom. The molecule has 0 heterocycles. The number of carbonyl (C=O) groups excluding carboxylic acids is 1. The number of rotatable bonds is 13. The molecule has 0 aliphatic carbocycles. The van der Waals surface area contributed by atoms with Crippen molar-refractivity contribution in [2.24, 2.45) is 0 Å². The molecule has 2 aromatic rings. The van der Waals surface area contributed by atoms with Gasteiger partial charge in [-0.05, 0) is 56.9 Å². The number of carbonyl (C=O) groups is 1. The number of ether oxygens (including phenoxy) is 1. The molecule has 0 spiro atoms. The van der Waals surface area contributed by atoms with Gasteiger partial charge in [0.1, 0.15) is 11.5 Å². The van der Waals surface area contributed by atoms with Crippen molar-refractivity contribution in [3.63, 3.8) is 0 Å². The van der Waals surface area contributed by atoms with E-state index >= 15 is 0 Å². The predicted molar refractivity (Wildman–Crippen MR) is 130 cm³/mol. The molecule has 32 heavy (non-hydrogen) atoms. The zero-order chi connectivity index (χ0) is 23.6. The highest BCUT2D eigenvalue weighted by Gasteiger charge is 2.60. The fourth-order valence-corrected chi connectivity index (χ4v) is 6.16. The maximum Gasteiger partial charge on any atom is 0.448 e. The third kappa shape index (κ3) is 5.95. The Labute approximate surface area is 193 Å². The summed E-state index contributed by atoms with van der Waals surface area (Å²) in [4.78, 5) is 13.5. The molecule has 0 fully saturated rings. The summed E-state index contributed by atoms with van der Waals surface area (Å²) in [6, 6.07) is 14.7. The van der Waals surface area contributed by atoms with E-state index in [1.165, 1.54) is 0 Å². The van der Waals surface area contributed by atoms with Crippen molar-refractivity contribution in [2.75, 3.05) is 6.61 Å². The number of hydrogen-bond acceptors (Lipinski definition) is 5. The molecule has 0 saturated heterocycles. The number of para-hydroxylation sites is 2. The Hall–Kier alpha value is -2.26. The third-order valence-electron chi connectivity index (χ3n) is 5.69. The summed E-state index contributed by atoms with van der Waals surface area (Å²) in [5.41, 5.74) is 1.65. The smallest absolute Gasteiger partial charge is 0.448 e. The lowest BCUT2D eigenvalue weighted by Crippen LogP contribution is -2.43. The monoisotopic (exact) mass is 460 g/mol. The molecule has 0 aliphatic heterocycles. The maximum atomic E-state index is 14.9. The normalized spacial score (nSPS) is 11.8. The molecule has 0 aliphatic rings. The molecular weight excluding hydrogens is 423 g/mol. The van der Waals surface area contributed by atoms with Gasteiger partial charge in [-0.2, -0.15) is 0 Å². The molecule has 0 unspecified atom stereocenters. The first-order chi connectivity index (χ1) is 15.3. The van der Waals surface area contributed by atoms with E-state index in [2.05, 4.69) is 0 Å². The van der Waals surface area contributed by atoms with Crippen LogP contribution in [0.1, 0.15) is 70.4 Å². The molecule has 6 heteroatoms. The highest BCUT2D eigenvalue weighted by molar-refractivity contribution is 7.57. The molecule has 2 aromatic carbocycles. The van der Waals surface area contributed by atoms with E-state index in [9.17, 15) is 9.36 Å². The number of benzene rings is 2. The van der Waals surface area contributed by atoms with E-state index in [0.717, 1.165) is 24.0 Å². The molecule has 0 saturated carbocycles. The van der Waals surface area contributed by atoms with E-state index in [0.29, 0.717) is 37.2 Å². The van der Waals surface area contributed by atoms with Crippen molar-refractivity contribution in [3.8, 4) is 11.5 Å². The van der Waals surface area contributed by atoms with Gasteiger partial charge in [0.05, 0.1) is 6.61 Å². The summed E-state index contributed by atoms with van der Waals surface area (Å²) in [6.07, 6.45) is 3.86. The van der Waals surface area contributed by atoms with Crippen LogP contribution in [-0.4, -0.2) is 17.7 Å². The Bertz CT molecular complexity index is 864. The van der Waals surface area contributed by atoms with Crippen LogP contribution in [0.4, 0.5) is 0 Å². The lowest BCUT2D eigenvalue weighted by atomic mass is 9.95. The topological polar surface area (TPSA) is 61.8 Å². The van der Waals surface area contributed by atoms with E-state index in [1.807, 2.05) is 64.1 Å². The van der Waals surface area contributed by atoms with Crippen molar-refractivity contribution in [1.29, 1.82) is 0 Å². The van der Waals surface area contributed by atoms with Gasteiger partial charge >= 0.3 is 13.6 Å². The summed E-state index contributed by atoms with van der Waals surface area (Å²) < 4.78 is 32.9. The van der Waals surface area contributed by atoms with Crippen molar-refractivity contribution in [1.82, 2.24) is 0 Å². The molecule has 0 bridgehead atoms. The van der Waals surface area contributed by atoms with Crippen molar-refractivity contribution < 1.29 is 23.1 Å². The third-order valence-corrected chi connectivity index (χ3v) is 8.24. The number of aryl methyl sites for hydroxylation is 2. The molecule has 0 radical (unpaired) electrons. The highest BCUT2D eigenvalue weighted by Crippen LogP contribution is 2.64. The van der Waals surface area contributed by atoms with Crippen LogP contribution in [0, 0.1) is 13.8 Å². The Morgan fingerprint density at radius 1 is 0.812 bits per heavy atom. The second-order valence-corrected chi connectivity index (χ2v) is 10.4. The zero-order valence-corrected chi connectivity index (χ0v) is 21.0. The van der Waals surface area contributed by atoms with Gasteiger partial charge in [0.2, 0.25) is 0 Å². The summed E-state index contributed by atoms with van der Waals surface area (Å²) >= 11 is 0. The molecule has 176 valence electrons. The van der Waals surface area contributed by atoms with Crippen LogP contribution in [0.15, 0.2) is 48.5 Å². The lowest BCUT2D eigenvalue weighted by molar-refractivity contribution is -0.147. The number of hydrogen-bond donors (Lipinski definition) is 0. The number of unbranched alkanes of at least 4 members (excludes halogenated alkanes) is 2. The molecule has 0 aromatic heterocycles.